The Morgan fingerprint density at radius 1 is 1.67 bits per heavy atom. The van der Waals surface area contributed by atoms with Crippen molar-refractivity contribution in [1.29, 1.82) is 0 Å². The zero-order valence-electron chi connectivity index (χ0n) is 6.37. The van der Waals surface area contributed by atoms with Gasteiger partial charge in [0.2, 0.25) is 11.8 Å². The second-order valence-electron chi connectivity index (χ2n) is 3.03. The predicted octanol–water partition coefficient (Wildman–Crippen LogP) is 0.539. The van der Waals surface area contributed by atoms with Crippen molar-refractivity contribution in [3.05, 3.63) is 12.2 Å². The summed E-state index contributed by atoms with van der Waals surface area (Å²) in [5.74, 6) is -0.545. The van der Waals surface area contributed by atoms with Gasteiger partial charge in [0, 0.05) is 0 Å². The minimum atomic E-state index is -0.279. The van der Waals surface area contributed by atoms with Crippen LogP contribution in [0.3, 0.4) is 0 Å². The minimum Gasteiger partial charge on any atom is -0.274 e. The number of carbonyl (C=O) groups excluding carboxylic acids is 2. The molecule has 1 aliphatic heterocycles. The van der Waals surface area contributed by atoms with E-state index in [1.165, 1.54) is 4.90 Å². The molecule has 2 aliphatic rings. The van der Waals surface area contributed by atoms with Crippen LogP contribution in [0.1, 0.15) is 6.42 Å². The molecule has 2 bridgehead atoms. The van der Waals surface area contributed by atoms with Crippen molar-refractivity contribution < 1.29 is 9.59 Å². The van der Waals surface area contributed by atoms with E-state index in [9.17, 15) is 9.59 Å². The molecule has 1 fully saturated rings. The van der Waals surface area contributed by atoms with Gasteiger partial charge in [-0.3, -0.25) is 14.5 Å². The molecule has 2 atom stereocenters. The quantitative estimate of drug-likeness (QED) is 0.442. The van der Waals surface area contributed by atoms with Crippen LogP contribution in [0.15, 0.2) is 12.2 Å². The molecular formula is C8H8ClNO2. The number of halogens is 1. The third-order valence-electron chi connectivity index (χ3n) is 2.33. The molecule has 0 aromatic carbocycles. The lowest BCUT2D eigenvalue weighted by Gasteiger charge is -2.20. The number of likely N-dealkylation sites (tertiary alicyclic amines) is 1. The van der Waals surface area contributed by atoms with Crippen LogP contribution in [0, 0.1) is 5.92 Å². The van der Waals surface area contributed by atoms with Gasteiger partial charge in [-0.05, 0) is 6.42 Å². The molecule has 3 nitrogen and oxygen atoms in total. The van der Waals surface area contributed by atoms with Crippen molar-refractivity contribution in [3.63, 3.8) is 0 Å². The van der Waals surface area contributed by atoms with Crippen molar-refractivity contribution >= 4 is 23.4 Å². The molecule has 12 heavy (non-hydrogen) atoms. The maximum Gasteiger partial charge on any atom is 0.244 e. The standard InChI is InChI=1S/C8H8ClNO2/c9-4-7(11)10-6-2-1-5(3-6)8(10)12/h1-2,5-6H,3-4H2. The Labute approximate surface area is 75.0 Å². The van der Waals surface area contributed by atoms with Crippen LogP contribution < -0.4 is 0 Å². The fourth-order valence-corrected chi connectivity index (χ4v) is 1.90. The smallest absolute Gasteiger partial charge is 0.244 e. The first-order valence-electron chi connectivity index (χ1n) is 3.84. The molecule has 1 aliphatic carbocycles. The second-order valence-corrected chi connectivity index (χ2v) is 3.30. The summed E-state index contributed by atoms with van der Waals surface area (Å²) in [5, 5.41) is 0. The summed E-state index contributed by atoms with van der Waals surface area (Å²) in [6, 6.07) is -0.0197. The third-order valence-corrected chi connectivity index (χ3v) is 2.56. The molecule has 4 heteroatoms. The van der Waals surface area contributed by atoms with Crippen molar-refractivity contribution in [2.24, 2.45) is 5.92 Å². The first-order chi connectivity index (χ1) is 5.74. The van der Waals surface area contributed by atoms with E-state index >= 15 is 0 Å². The van der Waals surface area contributed by atoms with Crippen molar-refractivity contribution in [1.82, 2.24) is 4.90 Å². The van der Waals surface area contributed by atoms with Crippen molar-refractivity contribution in [2.45, 2.75) is 12.5 Å². The van der Waals surface area contributed by atoms with Gasteiger partial charge in [0.15, 0.2) is 0 Å². The number of hydrogen-bond donors (Lipinski definition) is 0. The van der Waals surface area contributed by atoms with Gasteiger partial charge in [0.1, 0.15) is 5.88 Å². The van der Waals surface area contributed by atoms with E-state index in [-0.39, 0.29) is 29.7 Å². The summed E-state index contributed by atoms with van der Waals surface area (Å²) in [4.78, 5) is 23.8. The van der Waals surface area contributed by atoms with Crippen LogP contribution in [-0.4, -0.2) is 28.6 Å². The van der Waals surface area contributed by atoms with E-state index in [2.05, 4.69) is 0 Å². The summed E-state index contributed by atoms with van der Waals surface area (Å²) in [6.07, 6.45) is 4.52. The van der Waals surface area contributed by atoms with Crippen LogP contribution in [0.25, 0.3) is 0 Å². The molecule has 2 unspecified atom stereocenters. The number of nitrogens with zero attached hydrogens (tertiary/aromatic N) is 1. The fraction of sp³-hybridized carbons (Fsp3) is 0.500. The topological polar surface area (TPSA) is 37.4 Å². The Hall–Kier alpha value is -0.830. The van der Waals surface area contributed by atoms with Crippen LogP contribution in [0.5, 0.6) is 0 Å². The molecule has 2 rings (SSSR count). The molecule has 0 spiro atoms. The molecule has 0 saturated carbocycles. The van der Waals surface area contributed by atoms with Crippen molar-refractivity contribution in [2.75, 3.05) is 5.88 Å². The number of fused-ring (bicyclic) bond motifs is 2. The number of imide groups is 1. The van der Waals surface area contributed by atoms with Crippen molar-refractivity contribution in [3.8, 4) is 0 Å². The van der Waals surface area contributed by atoms with Gasteiger partial charge in [0.25, 0.3) is 0 Å². The number of amides is 2. The van der Waals surface area contributed by atoms with Gasteiger partial charge in [-0.2, -0.15) is 0 Å². The van der Waals surface area contributed by atoms with E-state index in [4.69, 9.17) is 11.6 Å². The Balaban J connectivity index is 2.23. The lowest BCUT2D eigenvalue weighted by Crippen LogP contribution is -2.40. The zero-order chi connectivity index (χ0) is 8.72. The molecule has 0 aromatic rings. The van der Waals surface area contributed by atoms with Crippen LogP contribution >= 0.6 is 11.6 Å². The highest BCUT2D eigenvalue weighted by Gasteiger charge is 2.43. The number of alkyl halides is 1. The van der Waals surface area contributed by atoms with E-state index < -0.39 is 0 Å². The molecule has 0 radical (unpaired) electrons. The summed E-state index contributed by atoms with van der Waals surface area (Å²) in [5.41, 5.74) is 0. The maximum atomic E-state index is 11.4. The second kappa shape index (κ2) is 2.59. The van der Waals surface area contributed by atoms with Gasteiger partial charge in [-0.1, -0.05) is 12.2 Å². The number of hydrogen-bond acceptors (Lipinski definition) is 2. The molecule has 1 heterocycles. The molecule has 64 valence electrons. The lowest BCUT2D eigenvalue weighted by atomic mass is 10.1. The van der Waals surface area contributed by atoms with Crippen LogP contribution in [0.2, 0.25) is 0 Å². The highest BCUT2D eigenvalue weighted by molar-refractivity contribution is 6.28. The van der Waals surface area contributed by atoms with Gasteiger partial charge in [0.05, 0.1) is 12.0 Å². The Kier molecular flexibility index (Phi) is 1.68. The van der Waals surface area contributed by atoms with Gasteiger partial charge < -0.3 is 0 Å². The zero-order valence-corrected chi connectivity index (χ0v) is 7.12. The molecule has 0 N–H and O–H groups in total. The molecule has 2 amide bonds. The summed E-state index contributed by atoms with van der Waals surface area (Å²) >= 11 is 5.37. The van der Waals surface area contributed by atoms with E-state index in [0.29, 0.717) is 0 Å². The minimum absolute atomic E-state index is 0.0197. The molecule has 0 aromatic heterocycles. The Morgan fingerprint density at radius 3 is 2.92 bits per heavy atom. The SMILES string of the molecule is O=C(CCl)N1C(=O)C2C=CC1C2. The normalized spacial score (nSPS) is 31.8. The Bertz CT molecular complexity index is 274. The summed E-state index contributed by atoms with van der Waals surface area (Å²) in [6.45, 7) is 0. The average Bonchev–Trinajstić information content (AvgIpc) is 2.63. The van der Waals surface area contributed by atoms with Gasteiger partial charge in [-0.15, -0.1) is 11.6 Å². The molecular weight excluding hydrogens is 178 g/mol. The lowest BCUT2D eigenvalue weighted by molar-refractivity contribution is -0.142. The number of rotatable bonds is 1. The van der Waals surface area contributed by atoms with Gasteiger partial charge >= 0.3 is 0 Å². The van der Waals surface area contributed by atoms with Gasteiger partial charge in [-0.25, -0.2) is 0 Å². The average molecular weight is 186 g/mol. The summed E-state index contributed by atoms with van der Waals surface area (Å²) in [7, 11) is 0. The summed E-state index contributed by atoms with van der Waals surface area (Å²) < 4.78 is 0. The highest BCUT2D eigenvalue weighted by Crippen LogP contribution is 2.32. The predicted molar refractivity (Wildman–Crippen MR) is 43.6 cm³/mol. The fourth-order valence-electron chi connectivity index (χ4n) is 1.77. The molecule has 1 saturated heterocycles. The third kappa shape index (κ3) is 0.894. The first-order valence-corrected chi connectivity index (χ1v) is 4.37. The Morgan fingerprint density at radius 2 is 2.42 bits per heavy atom. The van der Waals surface area contributed by atoms with E-state index in [0.717, 1.165) is 6.42 Å². The monoisotopic (exact) mass is 185 g/mol. The van der Waals surface area contributed by atoms with Crippen LogP contribution in [-0.2, 0) is 9.59 Å². The van der Waals surface area contributed by atoms with Crippen LogP contribution in [0.4, 0.5) is 0 Å². The maximum absolute atomic E-state index is 11.4. The van der Waals surface area contributed by atoms with E-state index in [1.807, 2.05) is 12.2 Å². The highest BCUT2D eigenvalue weighted by atomic mass is 35.5. The number of carbonyl (C=O) groups is 2. The first kappa shape index (κ1) is 7.80. The van der Waals surface area contributed by atoms with E-state index in [1.54, 1.807) is 0 Å². The largest absolute Gasteiger partial charge is 0.274 e.